The number of carbonyl (C=O) groups is 1. The largest absolute Gasteiger partial charge is 0.477 e. The van der Waals surface area contributed by atoms with Crippen molar-refractivity contribution in [2.24, 2.45) is 0 Å². The van der Waals surface area contributed by atoms with Crippen molar-refractivity contribution < 1.29 is 9.90 Å². The minimum Gasteiger partial charge on any atom is -0.477 e. The zero-order chi connectivity index (χ0) is 14.2. The molecule has 0 fully saturated rings. The van der Waals surface area contributed by atoms with Crippen LogP contribution in [0.4, 0.5) is 0 Å². The first-order valence-electron chi connectivity index (χ1n) is 5.45. The van der Waals surface area contributed by atoms with Crippen molar-refractivity contribution in [1.82, 2.24) is 9.55 Å². The van der Waals surface area contributed by atoms with Gasteiger partial charge in [0.05, 0.1) is 16.7 Å². The lowest BCUT2D eigenvalue weighted by molar-refractivity contribution is 0.0702. The summed E-state index contributed by atoms with van der Waals surface area (Å²) in [6.07, 6.45) is 0. The standard InChI is InChI=1S/C12H11BrN2O3S/c1-6-10(13)7(2)15(12(18)14-6)5-8-3-4-9(19-8)11(16)17/h3-4H,5H2,1-2H3,(H,16,17). The molecule has 2 aromatic rings. The smallest absolute Gasteiger partial charge is 0.348 e. The number of carboxylic acid groups (broad SMARTS) is 1. The lowest BCUT2D eigenvalue weighted by Gasteiger charge is -2.10. The molecule has 0 unspecified atom stereocenters. The number of aromatic carboxylic acids is 1. The first kappa shape index (κ1) is 14.0. The van der Waals surface area contributed by atoms with Crippen LogP contribution in [0.3, 0.4) is 0 Å². The Morgan fingerprint density at radius 2 is 2.16 bits per heavy atom. The maximum absolute atomic E-state index is 11.9. The maximum Gasteiger partial charge on any atom is 0.348 e. The van der Waals surface area contributed by atoms with Gasteiger partial charge in [0.2, 0.25) is 0 Å². The highest BCUT2D eigenvalue weighted by molar-refractivity contribution is 9.10. The molecule has 0 spiro atoms. The van der Waals surface area contributed by atoms with E-state index in [0.29, 0.717) is 12.2 Å². The second kappa shape index (κ2) is 5.26. The molecule has 0 aliphatic carbocycles. The molecular weight excluding hydrogens is 332 g/mol. The number of hydrogen-bond acceptors (Lipinski definition) is 4. The van der Waals surface area contributed by atoms with E-state index in [2.05, 4.69) is 20.9 Å². The van der Waals surface area contributed by atoms with E-state index in [-0.39, 0.29) is 10.6 Å². The Bertz CT molecular complexity index is 705. The lowest BCUT2D eigenvalue weighted by Crippen LogP contribution is -2.26. The first-order valence-corrected chi connectivity index (χ1v) is 7.06. The van der Waals surface area contributed by atoms with Crippen molar-refractivity contribution in [2.45, 2.75) is 20.4 Å². The highest BCUT2D eigenvalue weighted by Crippen LogP contribution is 2.20. The van der Waals surface area contributed by atoms with Gasteiger partial charge in [0.1, 0.15) is 4.88 Å². The molecule has 0 saturated carbocycles. The minimum atomic E-state index is -0.955. The van der Waals surface area contributed by atoms with Crippen LogP contribution in [0.1, 0.15) is 25.9 Å². The lowest BCUT2D eigenvalue weighted by atomic mass is 10.3. The molecule has 0 atom stereocenters. The second-order valence-electron chi connectivity index (χ2n) is 4.04. The molecule has 19 heavy (non-hydrogen) atoms. The molecule has 5 nitrogen and oxygen atoms in total. The van der Waals surface area contributed by atoms with Gasteiger partial charge in [-0.15, -0.1) is 11.3 Å². The van der Waals surface area contributed by atoms with Crippen molar-refractivity contribution in [3.05, 3.63) is 48.2 Å². The number of hydrogen-bond donors (Lipinski definition) is 1. The highest BCUT2D eigenvalue weighted by atomic mass is 79.9. The van der Waals surface area contributed by atoms with E-state index in [1.807, 2.05) is 6.92 Å². The molecule has 1 N–H and O–H groups in total. The van der Waals surface area contributed by atoms with Gasteiger partial charge in [0, 0.05) is 10.6 Å². The van der Waals surface area contributed by atoms with Gasteiger partial charge in [-0.25, -0.2) is 9.59 Å². The van der Waals surface area contributed by atoms with Crippen LogP contribution in [-0.2, 0) is 6.54 Å². The van der Waals surface area contributed by atoms with E-state index in [4.69, 9.17) is 5.11 Å². The van der Waals surface area contributed by atoms with E-state index in [0.717, 1.165) is 26.4 Å². The van der Waals surface area contributed by atoms with Gasteiger partial charge in [-0.2, -0.15) is 4.98 Å². The number of carboxylic acids is 1. The predicted octanol–water partition coefficient (Wildman–Crippen LogP) is 2.43. The summed E-state index contributed by atoms with van der Waals surface area (Å²) < 4.78 is 2.32. The third kappa shape index (κ3) is 2.76. The van der Waals surface area contributed by atoms with Crippen LogP contribution >= 0.6 is 27.3 Å². The van der Waals surface area contributed by atoms with E-state index in [1.165, 1.54) is 4.57 Å². The summed E-state index contributed by atoms with van der Waals surface area (Å²) in [7, 11) is 0. The van der Waals surface area contributed by atoms with E-state index in [1.54, 1.807) is 19.1 Å². The molecular formula is C12H11BrN2O3S. The molecule has 2 heterocycles. The Morgan fingerprint density at radius 3 is 2.74 bits per heavy atom. The molecule has 0 aromatic carbocycles. The van der Waals surface area contributed by atoms with E-state index >= 15 is 0 Å². The minimum absolute atomic E-state index is 0.264. The van der Waals surface area contributed by atoms with Gasteiger partial charge in [-0.3, -0.25) is 4.57 Å². The first-order chi connectivity index (χ1) is 8.90. The number of aryl methyl sites for hydroxylation is 1. The quantitative estimate of drug-likeness (QED) is 0.929. The predicted molar refractivity (Wildman–Crippen MR) is 76.1 cm³/mol. The number of nitrogens with zero attached hydrogens (tertiary/aromatic N) is 2. The Morgan fingerprint density at radius 1 is 1.47 bits per heavy atom. The molecule has 0 aliphatic heterocycles. The van der Waals surface area contributed by atoms with Crippen LogP contribution in [0, 0.1) is 13.8 Å². The monoisotopic (exact) mass is 342 g/mol. The average Bonchev–Trinajstić information content (AvgIpc) is 2.81. The van der Waals surface area contributed by atoms with Gasteiger partial charge in [-0.1, -0.05) is 0 Å². The zero-order valence-corrected chi connectivity index (χ0v) is 12.7. The summed E-state index contributed by atoms with van der Waals surface area (Å²) in [6, 6.07) is 3.26. The van der Waals surface area contributed by atoms with E-state index in [9.17, 15) is 9.59 Å². The summed E-state index contributed by atoms with van der Waals surface area (Å²) in [5.74, 6) is -0.955. The molecule has 0 bridgehead atoms. The van der Waals surface area contributed by atoms with Crippen LogP contribution < -0.4 is 5.69 Å². The van der Waals surface area contributed by atoms with Gasteiger partial charge < -0.3 is 5.11 Å². The topological polar surface area (TPSA) is 72.2 Å². The maximum atomic E-state index is 11.9. The molecule has 2 aromatic heterocycles. The number of aromatic nitrogens is 2. The third-order valence-corrected chi connectivity index (χ3v) is 4.93. The molecule has 7 heteroatoms. The van der Waals surface area contributed by atoms with Crippen LogP contribution in [0.5, 0.6) is 0 Å². The zero-order valence-electron chi connectivity index (χ0n) is 10.3. The molecule has 0 amide bonds. The Kier molecular flexibility index (Phi) is 3.86. The van der Waals surface area contributed by atoms with Crippen molar-refractivity contribution >= 4 is 33.2 Å². The Balaban J connectivity index is 2.41. The van der Waals surface area contributed by atoms with Crippen LogP contribution in [0.25, 0.3) is 0 Å². The fourth-order valence-electron chi connectivity index (χ4n) is 1.70. The molecule has 0 aliphatic rings. The van der Waals surface area contributed by atoms with Gasteiger partial charge in [-0.05, 0) is 41.9 Å². The number of thiophene rings is 1. The SMILES string of the molecule is Cc1nc(=O)n(Cc2ccc(C(=O)O)s2)c(C)c1Br. The molecule has 0 saturated heterocycles. The fourth-order valence-corrected chi connectivity index (χ4v) is 2.83. The summed E-state index contributed by atoms with van der Waals surface area (Å²) in [5, 5.41) is 8.88. The third-order valence-electron chi connectivity index (χ3n) is 2.72. The summed E-state index contributed by atoms with van der Waals surface area (Å²) in [6.45, 7) is 3.91. The second-order valence-corrected chi connectivity index (χ2v) is 6.00. The molecule has 0 radical (unpaired) electrons. The normalized spacial score (nSPS) is 10.7. The van der Waals surface area contributed by atoms with Gasteiger partial charge >= 0.3 is 11.7 Å². The Labute approximate surface area is 121 Å². The van der Waals surface area contributed by atoms with Crippen LogP contribution in [0.15, 0.2) is 21.4 Å². The van der Waals surface area contributed by atoms with Crippen LogP contribution in [-0.4, -0.2) is 20.6 Å². The highest BCUT2D eigenvalue weighted by Gasteiger charge is 2.12. The summed E-state index contributed by atoms with van der Waals surface area (Å²) in [5.41, 5.74) is 1.10. The number of rotatable bonds is 3. The fraction of sp³-hybridized carbons (Fsp3) is 0.250. The van der Waals surface area contributed by atoms with Crippen molar-refractivity contribution in [3.8, 4) is 0 Å². The summed E-state index contributed by atoms with van der Waals surface area (Å²) in [4.78, 5) is 27.7. The van der Waals surface area contributed by atoms with Crippen molar-refractivity contribution in [1.29, 1.82) is 0 Å². The van der Waals surface area contributed by atoms with Crippen LogP contribution in [0.2, 0.25) is 0 Å². The molecule has 100 valence electrons. The van der Waals surface area contributed by atoms with E-state index < -0.39 is 5.97 Å². The van der Waals surface area contributed by atoms with Gasteiger partial charge in [0.15, 0.2) is 0 Å². The average molecular weight is 343 g/mol. The Hall–Kier alpha value is -1.47. The van der Waals surface area contributed by atoms with Crippen molar-refractivity contribution in [2.75, 3.05) is 0 Å². The van der Waals surface area contributed by atoms with Crippen molar-refractivity contribution in [3.63, 3.8) is 0 Å². The van der Waals surface area contributed by atoms with Gasteiger partial charge in [0.25, 0.3) is 0 Å². The number of halogens is 1. The molecule has 2 rings (SSSR count). The summed E-state index contributed by atoms with van der Waals surface area (Å²) >= 11 is 4.55.